The lowest BCUT2D eigenvalue weighted by Gasteiger charge is -2.13. The van der Waals surface area contributed by atoms with Crippen molar-refractivity contribution in [2.45, 2.75) is 25.4 Å². The highest BCUT2D eigenvalue weighted by Gasteiger charge is 2.38. The van der Waals surface area contributed by atoms with Crippen molar-refractivity contribution in [2.24, 2.45) is 0 Å². The molecular formula is C11H10ClNO. The lowest BCUT2D eigenvalue weighted by molar-refractivity contribution is 0.0766. The summed E-state index contributed by atoms with van der Waals surface area (Å²) in [5, 5.41) is 0.721. The van der Waals surface area contributed by atoms with E-state index in [0.29, 0.717) is 12.6 Å². The molecule has 1 aromatic rings. The van der Waals surface area contributed by atoms with Crippen LogP contribution in [0.3, 0.4) is 0 Å². The molecule has 1 heterocycles. The van der Waals surface area contributed by atoms with Crippen LogP contribution in [0.5, 0.6) is 0 Å². The van der Waals surface area contributed by atoms with E-state index in [1.165, 1.54) is 0 Å². The topological polar surface area (TPSA) is 20.3 Å². The number of halogens is 1. The maximum Gasteiger partial charge on any atom is 0.254 e. The molecule has 1 amide bonds. The van der Waals surface area contributed by atoms with Gasteiger partial charge in [-0.2, -0.15) is 0 Å². The lowest BCUT2D eigenvalue weighted by Crippen LogP contribution is -2.25. The molecule has 0 radical (unpaired) electrons. The fraction of sp³-hybridized carbons (Fsp3) is 0.364. The number of hydrogen-bond acceptors (Lipinski definition) is 1. The fourth-order valence-electron chi connectivity index (χ4n) is 2.00. The zero-order valence-electron chi connectivity index (χ0n) is 7.66. The molecule has 0 N–H and O–H groups in total. The van der Waals surface area contributed by atoms with E-state index in [2.05, 4.69) is 0 Å². The summed E-state index contributed by atoms with van der Waals surface area (Å²) in [6.07, 6.45) is 2.30. The molecule has 1 aromatic carbocycles. The van der Waals surface area contributed by atoms with Crippen molar-refractivity contribution in [3.05, 3.63) is 34.3 Å². The summed E-state index contributed by atoms with van der Waals surface area (Å²) in [4.78, 5) is 13.8. The number of nitrogens with zero attached hydrogens (tertiary/aromatic N) is 1. The Morgan fingerprint density at radius 3 is 2.79 bits per heavy atom. The summed E-state index contributed by atoms with van der Waals surface area (Å²) in [5.74, 6) is 0.157. The number of rotatable bonds is 1. The molecule has 3 heteroatoms. The molecular weight excluding hydrogens is 198 g/mol. The predicted molar refractivity (Wildman–Crippen MR) is 54.3 cm³/mol. The van der Waals surface area contributed by atoms with Crippen LogP contribution in [0.25, 0.3) is 0 Å². The summed E-state index contributed by atoms with van der Waals surface area (Å²) < 4.78 is 0. The highest BCUT2D eigenvalue weighted by molar-refractivity contribution is 6.32. The van der Waals surface area contributed by atoms with E-state index in [1.54, 1.807) is 0 Å². The molecule has 1 aliphatic heterocycles. The average molecular weight is 208 g/mol. The Balaban J connectivity index is 2.05. The molecule has 1 fully saturated rings. The molecule has 2 aliphatic rings. The van der Waals surface area contributed by atoms with Gasteiger partial charge < -0.3 is 4.90 Å². The Labute approximate surface area is 87.5 Å². The fourth-order valence-corrected chi connectivity index (χ4v) is 2.23. The van der Waals surface area contributed by atoms with Crippen LogP contribution >= 0.6 is 11.6 Å². The van der Waals surface area contributed by atoms with Crippen LogP contribution in [-0.4, -0.2) is 16.8 Å². The average Bonchev–Trinajstić information content (AvgIpc) is 2.94. The van der Waals surface area contributed by atoms with Gasteiger partial charge in [-0.1, -0.05) is 17.7 Å². The van der Waals surface area contributed by atoms with Gasteiger partial charge in [-0.15, -0.1) is 0 Å². The van der Waals surface area contributed by atoms with Gasteiger partial charge in [0.1, 0.15) is 0 Å². The van der Waals surface area contributed by atoms with E-state index >= 15 is 0 Å². The van der Waals surface area contributed by atoms with Crippen molar-refractivity contribution in [1.29, 1.82) is 0 Å². The second-order valence-corrected chi connectivity index (χ2v) is 4.34. The maximum absolute atomic E-state index is 11.9. The van der Waals surface area contributed by atoms with Gasteiger partial charge in [0.05, 0.1) is 0 Å². The van der Waals surface area contributed by atoms with Crippen LogP contribution in [-0.2, 0) is 6.54 Å². The third-order valence-electron chi connectivity index (χ3n) is 2.93. The molecule has 0 atom stereocenters. The van der Waals surface area contributed by atoms with Crippen LogP contribution in [0.15, 0.2) is 18.2 Å². The van der Waals surface area contributed by atoms with Gasteiger partial charge in [0.2, 0.25) is 0 Å². The van der Waals surface area contributed by atoms with Gasteiger partial charge in [0.15, 0.2) is 0 Å². The van der Waals surface area contributed by atoms with Crippen molar-refractivity contribution in [2.75, 3.05) is 0 Å². The third-order valence-corrected chi connectivity index (χ3v) is 3.28. The van der Waals surface area contributed by atoms with Crippen molar-refractivity contribution in [3.8, 4) is 0 Å². The van der Waals surface area contributed by atoms with E-state index in [1.807, 2.05) is 23.1 Å². The van der Waals surface area contributed by atoms with E-state index < -0.39 is 0 Å². The van der Waals surface area contributed by atoms with E-state index in [9.17, 15) is 4.79 Å². The van der Waals surface area contributed by atoms with Gasteiger partial charge in [0, 0.05) is 28.7 Å². The largest absolute Gasteiger partial charge is 0.331 e. The van der Waals surface area contributed by atoms with E-state index in [-0.39, 0.29) is 5.91 Å². The van der Waals surface area contributed by atoms with Crippen molar-refractivity contribution in [1.82, 2.24) is 4.90 Å². The standard InChI is InChI=1S/C11H10ClNO/c12-10-3-1-2-8-9(10)6-13(11(8)14)7-4-5-7/h1-3,7H,4-6H2. The molecule has 72 valence electrons. The molecule has 0 unspecified atom stereocenters. The van der Waals surface area contributed by atoms with Gasteiger partial charge in [-0.3, -0.25) is 4.79 Å². The molecule has 2 nitrogen and oxygen atoms in total. The first-order valence-corrected chi connectivity index (χ1v) is 5.23. The Bertz CT molecular complexity index is 412. The molecule has 0 spiro atoms. The lowest BCUT2D eigenvalue weighted by atomic mass is 10.1. The summed E-state index contributed by atoms with van der Waals surface area (Å²) in [7, 11) is 0. The molecule has 14 heavy (non-hydrogen) atoms. The van der Waals surface area contributed by atoms with E-state index in [0.717, 1.165) is 29.0 Å². The Morgan fingerprint density at radius 2 is 2.14 bits per heavy atom. The van der Waals surface area contributed by atoms with Gasteiger partial charge >= 0.3 is 0 Å². The Hall–Kier alpha value is -1.02. The van der Waals surface area contributed by atoms with Crippen LogP contribution in [0.2, 0.25) is 5.02 Å². The molecule has 0 aromatic heterocycles. The smallest absolute Gasteiger partial charge is 0.254 e. The zero-order valence-corrected chi connectivity index (χ0v) is 8.42. The van der Waals surface area contributed by atoms with Gasteiger partial charge in [0.25, 0.3) is 5.91 Å². The van der Waals surface area contributed by atoms with Gasteiger partial charge in [-0.05, 0) is 25.0 Å². The van der Waals surface area contributed by atoms with Crippen molar-refractivity contribution < 1.29 is 4.79 Å². The number of carbonyl (C=O) groups excluding carboxylic acids is 1. The first-order valence-electron chi connectivity index (χ1n) is 4.86. The minimum atomic E-state index is 0.157. The number of hydrogen-bond donors (Lipinski definition) is 0. The second-order valence-electron chi connectivity index (χ2n) is 3.93. The van der Waals surface area contributed by atoms with Crippen LogP contribution in [0.1, 0.15) is 28.8 Å². The monoisotopic (exact) mass is 207 g/mol. The minimum Gasteiger partial charge on any atom is -0.331 e. The predicted octanol–water partition coefficient (Wildman–Crippen LogP) is 2.46. The summed E-state index contributed by atoms with van der Waals surface area (Å²) in [6, 6.07) is 6.04. The Morgan fingerprint density at radius 1 is 1.36 bits per heavy atom. The quantitative estimate of drug-likeness (QED) is 0.693. The zero-order chi connectivity index (χ0) is 9.71. The number of carbonyl (C=O) groups is 1. The number of benzene rings is 1. The molecule has 1 saturated carbocycles. The van der Waals surface area contributed by atoms with Crippen molar-refractivity contribution >= 4 is 17.5 Å². The summed E-state index contributed by atoms with van der Waals surface area (Å²) in [5.41, 5.74) is 1.80. The summed E-state index contributed by atoms with van der Waals surface area (Å²) in [6.45, 7) is 0.707. The maximum atomic E-state index is 11.9. The third kappa shape index (κ3) is 1.07. The van der Waals surface area contributed by atoms with Crippen LogP contribution in [0, 0.1) is 0 Å². The first-order chi connectivity index (χ1) is 6.77. The molecule has 3 rings (SSSR count). The van der Waals surface area contributed by atoms with Crippen LogP contribution < -0.4 is 0 Å². The SMILES string of the molecule is O=C1c2cccc(Cl)c2CN1C1CC1. The second kappa shape index (κ2) is 2.74. The normalized spacial score (nSPS) is 20.1. The summed E-state index contributed by atoms with van der Waals surface area (Å²) >= 11 is 6.05. The number of fused-ring (bicyclic) bond motifs is 1. The molecule has 1 aliphatic carbocycles. The minimum absolute atomic E-state index is 0.157. The molecule has 0 saturated heterocycles. The molecule has 0 bridgehead atoms. The van der Waals surface area contributed by atoms with Crippen molar-refractivity contribution in [3.63, 3.8) is 0 Å². The highest BCUT2D eigenvalue weighted by atomic mass is 35.5. The number of amides is 1. The van der Waals surface area contributed by atoms with Crippen LogP contribution in [0.4, 0.5) is 0 Å². The first kappa shape index (κ1) is 8.30. The highest BCUT2D eigenvalue weighted by Crippen LogP contribution is 2.36. The van der Waals surface area contributed by atoms with Gasteiger partial charge in [-0.25, -0.2) is 0 Å². The van der Waals surface area contributed by atoms with E-state index in [4.69, 9.17) is 11.6 Å². The Kier molecular flexibility index (Phi) is 1.62.